The van der Waals surface area contributed by atoms with Crippen molar-refractivity contribution in [1.82, 2.24) is 25.4 Å². The average Bonchev–Trinajstić information content (AvgIpc) is 3.15. The van der Waals surface area contributed by atoms with Gasteiger partial charge in [0.05, 0.1) is 23.6 Å². The number of hydrogen-bond donors (Lipinski definition) is 2. The van der Waals surface area contributed by atoms with E-state index in [-0.39, 0.29) is 24.2 Å². The molecule has 0 aromatic carbocycles. The van der Waals surface area contributed by atoms with E-state index in [1.165, 1.54) is 12.4 Å². The standard InChI is InChI=1S/C23H27N5O4/c1-14-4-5-16(10-24-14)21-18(15(2)32-28-21)13-31-20-12-25-19(11-26-20)22(29)27-17-6-8-23(3,30)9-7-17/h4-5,10-12,17,30H,6-9,13H2,1-3H3,(H,27,29)/t17-,23-. The number of amides is 1. The van der Waals surface area contributed by atoms with Crippen LogP contribution in [-0.2, 0) is 6.61 Å². The van der Waals surface area contributed by atoms with E-state index in [1.54, 1.807) is 6.20 Å². The molecule has 1 aliphatic carbocycles. The predicted molar refractivity (Wildman–Crippen MR) is 116 cm³/mol. The third-order valence-corrected chi connectivity index (χ3v) is 5.79. The van der Waals surface area contributed by atoms with Crippen LogP contribution < -0.4 is 10.1 Å². The van der Waals surface area contributed by atoms with Gasteiger partial charge in [-0.1, -0.05) is 5.16 Å². The van der Waals surface area contributed by atoms with Gasteiger partial charge in [-0.3, -0.25) is 9.78 Å². The molecule has 0 aliphatic heterocycles. The Hall–Kier alpha value is -3.33. The van der Waals surface area contributed by atoms with E-state index in [4.69, 9.17) is 9.26 Å². The molecule has 3 aromatic heterocycles. The second-order valence-corrected chi connectivity index (χ2v) is 8.53. The maximum atomic E-state index is 12.5. The lowest BCUT2D eigenvalue weighted by Gasteiger charge is -2.33. The molecule has 9 nitrogen and oxygen atoms in total. The fraction of sp³-hybridized carbons (Fsp3) is 0.435. The lowest BCUT2D eigenvalue weighted by atomic mass is 9.83. The summed E-state index contributed by atoms with van der Waals surface area (Å²) in [4.78, 5) is 25.2. The Labute approximate surface area is 186 Å². The molecule has 168 valence electrons. The number of ether oxygens (including phenoxy) is 1. The Morgan fingerprint density at radius 1 is 1.19 bits per heavy atom. The maximum Gasteiger partial charge on any atom is 0.271 e. The summed E-state index contributed by atoms with van der Waals surface area (Å²) in [5.74, 6) is 0.666. The van der Waals surface area contributed by atoms with Crippen LogP contribution in [0.3, 0.4) is 0 Å². The first-order valence-corrected chi connectivity index (χ1v) is 10.7. The molecule has 9 heteroatoms. The fourth-order valence-corrected chi connectivity index (χ4v) is 3.69. The van der Waals surface area contributed by atoms with Crippen LogP contribution in [0.25, 0.3) is 11.3 Å². The van der Waals surface area contributed by atoms with E-state index in [2.05, 4.69) is 25.4 Å². The highest BCUT2D eigenvalue weighted by Gasteiger charge is 2.29. The minimum Gasteiger partial charge on any atom is -0.471 e. The number of hydrogen-bond acceptors (Lipinski definition) is 8. The van der Waals surface area contributed by atoms with Crippen molar-refractivity contribution < 1.29 is 19.2 Å². The molecule has 2 N–H and O–H groups in total. The molecule has 1 amide bonds. The van der Waals surface area contributed by atoms with Crippen molar-refractivity contribution in [2.75, 3.05) is 0 Å². The monoisotopic (exact) mass is 437 g/mol. The zero-order valence-electron chi connectivity index (χ0n) is 18.5. The summed E-state index contributed by atoms with van der Waals surface area (Å²) >= 11 is 0. The number of nitrogens with one attached hydrogen (secondary N) is 1. The normalized spacial score (nSPS) is 20.7. The molecule has 3 heterocycles. The second kappa shape index (κ2) is 9.04. The van der Waals surface area contributed by atoms with Crippen LogP contribution in [0.15, 0.2) is 35.2 Å². The van der Waals surface area contributed by atoms with Crippen LogP contribution in [0.5, 0.6) is 5.88 Å². The van der Waals surface area contributed by atoms with Crippen LogP contribution in [0.1, 0.15) is 60.1 Å². The van der Waals surface area contributed by atoms with Gasteiger partial charge in [0.2, 0.25) is 5.88 Å². The third kappa shape index (κ3) is 5.11. The van der Waals surface area contributed by atoms with E-state index >= 15 is 0 Å². The van der Waals surface area contributed by atoms with Crippen LogP contribution in [0, 0.1) is 13.8 Å². The zero-order chi connectivity index (χ0) is 22.7. The van der Waals surface area contributed by atoms with Crippen molar-refractivity contribution >= 4 is 5.91 Å². The van der Waals surface area contributed by atoms with Crippen molar-refractivity contribution in [3.05, 3.63) is 53.4 Å². The topological polar surface area (TPSA) is 123 Å². The predicted octanol–water partition coefficient (Wildman–Crippen LogP) is 3.15. The van der Waals surface area contributed by atoms with Gasteiger partial charge in [0, 0.05) is 23.5 Å². The van der Waals surface area contributed by atoms with Gasteiger partial charge in [-0.05, 0) is 58.6 Å². The highest BCUT2D eigenvalue weighted by Crippen LogP contribution is 2.28. The van der Waals surface area contributed by atoms with E-state index < -0.39 is 5.60 Å². The van der Waals surface area contributed by atoms with E-state index in [0.717, 1.165) is 29.7 Å². The highest BCUT2D eigenvalue weighted by atomic mass is 16.5. The van der Waals surface area contributed by atoms with Gasteiger partial charge in [0.15, 0.2) is 0 Å². The third-order valence-electron chi connectivity index (χ3n) is 5.79. The summed E-state index contributed by atoms with van der Waals surface area (Å²) < 4.78 is 11.1. The number of nitrogens with zero attached hydrogens (tertiary/aromatic N) is 4. The van der Waals surface area contributed by atoms with Crippen molar-refractivity contribution in [2.45, 2.75) is 64.7 Å². The number of carbonyl (C=O) groups excluding carboxylic acids is 1. The number of aliphatic hydroxyl groups is 1. The molecule has 0 radical (unpaired) electrons. The Balaban J connectivity index is 1.36. The Morgan fingerprint density at radius 3 is 2.62 bits per heavy atom. The van der Waals surface area contributed by atoms with Crippen LogP contribution in [0.4, 0.5) is 0 Å². The SMILES string of the molecule is Cc1ccc(-c2noc(C)c2COc2cnc(C(=O)N[C@H]3CC[C@](C)(O)CC3)cn2)cn1. The van der Waals surface area contributed by atoms with E-state index in [9.17, 15) is 9.90 Å². The Morgan fingerprint density at radius 2 is 1.97 bits per heavy atom. The molecular weight excluding hydrogens is 410 g/mol. The molecule has 3 aromatic rings. The zero-order valence-corrected chi connectivity index (χ0v) is 18.5. The second-order valence-electron chi connectivity index (χ2n) is 8.53. The quantitative estimate of drug-likeness (QED) is 0.603. The minimum atomic E-state index is -0.640. The summed E-state index contributed by atoms with van der Waals surface area (Å²) in [5, 5.41) is 17.1. The summed E-state index contributed by atoms with van der Waals surface area (Å²) in [6.45, 7) is 5.77. The molecule has 32 heavy (non-hydrogen) atoms. The van der Waals surface area contributed by atoms with Crippen LogP contribution >= 0.6 is 0 Å². The fourth-order valence-electron chi connectivity index (χ4n) is 3.69. The van der Waals surface area contributed by atoms with Gasteiger partial charge in [-0.15, -0.1) is 0 Å². The molecule has 0 atom stereocenters. The molecule has 0 unspecified atom stereocenters. The first kappa shape index (κ1) is 21.9. The van der Waals surface area contributed by atoms with Crippen molar-refractivity contribution in [1.29, 1.82) is 0 Å². The van der Waals surface area contributed by atoms with Gasteiger partial charge in [0.25, 0.3) is 5.91 Å². The Kier molecular flexibility index (Phi) is 6.18. The molecular formula is C23H27N5O4. The van der Waals surface area contributed by atoms with Gasteiger partial charge in [0.1, 0.15) is 23.8 Å². The largest absolute Gasteiger partial charge is 0.471 e. The first-order valence-electron chi connectivity index (χ1n) is 10.7. The minimum absolute atomic E-state index is 0.0340. The maximum absolute atomic E-state index is 12.5. The number of carbonyl (C=O) groups is 1. The summed E-state index contributed by atoms with van der Waals surface area (Å²) in [5.41, 5.74) is 2.81. The molecule has 1 aliphatic rings. The first-order chi connectivity index (χ1) is 15.3. The number of rotatable bonds is 6. The summed E-state index contributed by atoms with van der Waals surface area (Å²) in [6.07, 6.45) is 7.38. The van der Waals surface area contributed by atoms with Crippen LogP contribution in [-0.4, -0.2) is 42.8 Å². The molecule has 4 rings (SSSR count). The smallest absolute Gasteiger partial charge is 0.271 e. The lowest BCUT2D eigenvalue weighted by Crippen LogP contribution is -2.42. The number of aryl methyl sites for hydroxylation is 2. The molecule has 1 saturated carbocycles. The van der Waals surface area contributed by atoms with E-state index in [0.29, 0.717) is 30.2 Å². The number of pyridine rings is 1. The van der Waals surface area contributed by atoms with E-state index in [1.807, 2.05) is 32.9 Å². The van der Waals surface area contributed by atoms with Crippen molar-refractivity contribution in [3.63, 3.8) is 0 Å². The Bertz CT molecular complexity index is 1070. The highest BCUT2D eigenvalue weighted by molar-refractivity contribution is 5.92. The van der Waals surface area contributed by atoms with Crippen LogP contribution in [0.2, 0.25) is 0 Å². The van der Waals surface area contributed by atoms with Crippen molar-refractivity contribution in [3.8, 4) is 17.1 Å². The summed E-state index contributed by atoms with van der Waals surface area (Å²) in [7, 11) is 0. The molecule has 0 saturated heterocycles. The van der Waals surface area contributed by atoms with Gasteiger partial charge < -0.3 is 19.7 Å². The average molecular weight is 438 g/mol. The van der Waals surface area contributed by atoms with Gasteiger partial charge in [-0.25, -0.2) is 9.97 Å². The molecule has 0 spiro atoms. The summed E-state index contributed by atoms with van der Waals surface area (Å²) in [6, 6.07) is 3.88. The number of aromatic nitrogens is 4. The molecule has 0 bridgehead atoms. The molecule has 1 fully saturated rings. The van der Waals surface area contributed by atoms with Gasteiger partial charge >= 0.3 is 0 Å². The lowest BCUT2D eigenvalue weighted by molar-refractivity contribution is 0.0140. The van der Waals surface area contributed by atoms with Crippen molar-refractivity contribution in [2.24, 2.45) is 0 Å². The van der Waals surface area contributed by atoms with Gasteiger partial charge in [-0.2, -0.15) is 0 Å².